The SMILES string of the molecule is CS(=O)(=O)O[C@H]1C[C@H]2COc3c(I)ccnc3N2C1. The summed E-state index contributed by atoms with van der Waals surface area (Å²) in [6.07, 6.45) is 3.13. The summed E-state index contributed by atoms with van der Waals surface area (Å²) in [5, 5.41) is 0. The molecule has 3 rings (SSSR count). The fourth-order valence-corrected chi connectivity index (χ4v) is 3.73. The fourth-order valence-electron chi connectivity index (χ4n) is 2.54. The second-order valence-electron chi connectivity index (χ2n) is 4.72. The highest BCUT2D eigenvalue weighted by Crippen LogP contribution is 2.39. The van der Waals surface area contributed by atoms with Crippen LogP contribution in [0.15, 0.2) is 12.3 Å². The van der Waals surface area contributed by atoms with E-state index < -0.39 is 10.1 Å². The Morgan fingerprint density at radius 3 is 3.11 bits per heavy atom. The summed E-state index contributed by atoms with van der Waals surface area (Å²) in [6, 6.07) is 2.02. The van der Waals surface area contributed by atoms with E-state index in [0.717, 1.165) is 21.4 Å². The van der Waals surface area contributed by atoms with Crippen LogP contribution in [0.2, 0.25) is 0 Å². The third-order valence-electron chi connectivity index (χ3n) is 3.22. The lowest BCUT2D eigenvalue weighted by atomic mass is 10.2. The molecule has 104 valence electrons. The maximum absolute atomic E-state index is 11.2. The van der Waals surface area contributed by atoms with Crippen LogP contribution in [-0.4, -0.2) is 45.0 Å². The fraction of sp³-hybridized carbons (Fsp3) is 0.545. The molecule has 0 spiro atoms. The van der Waals surface area contributed by atoms with Crippen LogP contribution < -0.4 is 9.64 Å². The molecule has 3 heterocycles. The molecule has 0 aromatic carbocycles. The Balaban J connectivity index is 1.86. The van der Waals surface area contributed by atoms with Gasteiger partial charge in [0.05, 0.1) is 22.0 Å². The van der Waals surface area contributed by atoms with Crippen LogP contribution in [0.4, 0.5) is 5.82 Å². The van der Waals surface area contributed by atoms with Gasteiger partial charge in [-0.2, -0.15) is 8.42 Å². The molecule has 1 fully saturated rings. The molecular formula is C11H13IN2O4S. The Hall–Kier alpha value is -0.610. The smallest absolute Gasteiger partial charge is 0.264 e. The average Bonchev–Trinajstić information content (AvgIpc) is 2.69. The van der Waals surface area contributed by atoms with Crippen molar-refractivity contribution in [3.63, 3.8) is 0 Å². The van der Waals surface area contributed by atoms with Crippen LogP contribution in [0, 0.1) is 3.57 Å². The number of pyridine rings is 1. The van der Waals surface area contributed by atoms with Gasteiger partial charge in [0.15, 0.2) is 11.6 Å². The molecule has 0 amide bonds. The molecule has 0 unspecified atom stereocenters. The molecule has 1 aromatic heterocycles. The van der Waals surface area contributed by atoms with Crippen molar-refractivity contribution in [2.24, 2.45) is 0 Å². The Morgan fingerprint density at radius 1 is 1.58 bits per heavy atom. The predicted octanol–water partition coefficient (Wildman–Crippen LogP) is 1.00. The number of hydrogen-bond donors (Lipinski definition) is 0. The van der Waals surface area contributed by atoms with Crippen molar-refractivity contribution >= 4 is 38.5 Å². The van der Waals surface area contributed by atoms with Crippen molar-refractivity contribution in [2.75, 3.05) is 24.3 Å². The van der Waals surface area contributed by atoms with E-state index >= 15 is 0 Å². The van der Waals surface area contributed by atoms with E-state index in [9.17, 15) is 8.42 Å². The molecule has 2 aliphatic rings. The van der Waals surface area contributed by atoms with Crippen LogP contribution in [-0.2, 0) is 14.3 Å². The average molecular weight is 396 g/mol. The monoisotopic (exact) mass is 396 g/mol. The number of aromatic nitrogens is 1. The van der Waals surface area contributed by atoms with Gasteiger partial charge in [-0.05, 0) is 28.7 Å². The lowest BCUT2D eigenvalue weighted by molar-refractivity contribution is 0.218. The van der Waals surface area contributed by atoms with Crippen molar-refractivity contribution in [2.45, 2.75) is 18.6 Å². The highest BCUT2D eigenvalue weighted by atomic mass is 127. The second-order valence-corrected chi connectivity index (χ2v) is 7.48. The molecule has 19 heavy (non-hydrogen) atoms. The van der Waals surface area contributed by atoms with E-state index in [1.54, 1.807) is 6.20 Å². The van der Waals surface area contributed by atoms with Crippen molar-refractivity contribution in [3.8, 4) is 5.75 Å². The van der Waals surface area contributed by atoms with Crippen LogP contribution in [0.1, 0.15) is 6.42 Å². The third kappa shape index (κ3) is 2.65. The van der Waals surface area contributed by atoms with E-state index in [2.05, 4.69) is 32.5 Å². The van der Waals surface area contributed by atoms with Crippen LogP contribution in [0.3, 0.4) is 0 Å². The first-order valence-corrected chi connectivity index (χ1v) is 8.76. The zero-order valence-electron chi connectivity index (χ0n) is 10.2. The van der Waals surface area contributed by atoms with E-state index in [1.807, 2.05) is 6.07 Å². The van der Waals surface area contributed by atoms with E-state index in [0.29, 0.717) is 19.6 Å². The number of fused-ring (bicyclic) bond motifs is 3. The zero-order valence-corrected chi connectivity index (χ0v) is 13.2. The maximum atomic E-state index is 11.2. The highest BCUT2D eigenvalue weighted by Gasteiger charge is 2.40. The number of rotatable bonds is 2. The first-order chi connectivity index (χ1) is 8.94. The van der Waals surface area contributed by atoms with Gasteiger partial charge >= 0.3 is 0 Å². The summed E-state index contributed by atoms with van der Waals surface area (Å²) in [5.41, 5.74) is 0. The number of halogens is 1. The molecular weight excluding hydrogens is 383 g/mol. The van der Waals surface area contributed by atoms with Gasteiger partial charge in [0.1, 0.15) is 6.61 Å². The molecule has 6 nitrogen and oxygen atoms in total. The summed E-state index contributed by atoms with van der Waals surface area (Å²) in [4.78, 5) is 6.43. The van der Waals surface area contributed by atoms with E-state index in [-0.39, 0.29) is 12.1 Å². The Labute approximate surface area is 125 Å². The van der Waals surface area contributed by atoms with Crippen LogP contribution >= 0.6 is 22.6 Å². The number of nitrogens with zero attached hydrogens (tertiary/aromatic N) is 2. The Kier molecular flexibility index (Phi) is 3.34. The third-order valence-corrected chi connectivity index (χ3v) is 4.69. The standard InChI is InChI=1S/C11H13IN2O4S/c1-19(15,16)18-8-4-7-6-17-10-9(12)2-3-13-11(10)14(7)5-8/h2-3,7-8H,4-6H2,1H3/t7-,8-/m0/s1. The Bertz CT molecular complexity index is 607. The van der Waals surface area contributed by atoms with Crippen LogP contribution in [0.5, 0.6) is 5.75 Å². The first kappa shape index (κ1) is 13.4. The van der Waals surface area contributed by atoms with E-state index in [4.69, 9.17) is 8.92 Å². The minimum atomic E-state index is -3.43. The minimum absolute atomic E-state index is 0.130. The molecule has 0 N–H and O–H groups in total. The van der Waals surface area contributed by atoms with Crippen molar-refractivity contribution in [3.05, 3.63) is 15.8 Å². The summed E-state index contributed by atoms with van der Waals surface area (Å²) >= 11 is 2.21. The van der Waals surface area contributed by atoms with Crippen molar-refractivity contribution < 1.29 is 17.3 Å². The van der Waals surface area contributed by atoms with Gasteiger partial charge in [-0.3, -0.25) is 4.18 Å². The van der Waals surface area contributed by atoms with Gasteiger partial charge in [0.25, 0.3) is 10.1 Å². The molecule has 1 aromatic rings. The highest BCUT2D eigenvalue weighted by molar-refractivity contribution is 14.1. The van der Waals surface area contributed by atoms with Crippen LogP contribution in [0.25, 0.3) is 0 Å². The topological polar surface area (TPSA) is 68.7 Å². The van der Waals surface area contributed by atoms with Gasteiger partial charge in [-0.1, -0.05) is 0 Å². The lowest BCUT2D eigenvalue weighted by Crippen LogP contribution is -2.39. The minimum Gasteiger partial charge on any atom is -0.486 e. The quantitative estimate of drug-likeness (QED) is 0.549. The van der Waals surface area contributed by atoms with Gasteiger partial charge in [0, 0.05) is 19.2 Å². The van der Waals surface area contributed by atoms with Gasteiger partial charge in [-0.25, -0.2) is 4.98 Å². The predicted molar refractivity (Wildman–Crippen MR) is 77.9 cm³/mol. The Morgan fingerprint density at radius 2 is 2.37 bits per heavy atom. The molecule has 0 aliphatic carbocycles. The first-order valence-electron chi connectivity index (χ1n) is 5.86. The molecule has 1 saturated heterocycles. The summed E-state index contributed by atoms with van der Waals surface area (Å²) < 4.78 is 34.2. The lowest BCUT2D eigenvalue weighted by Gasteiger charge is -2.32. The maximum Gasteiger partial charge on any atom is 0.264 e. The normalized spacial score (nSPS) is 25.7. The van der Waals surface area contributed by atoms with Gasteiger partial charge < -0.3 is 9.64 Å². The molecule has 2 atom stereocenters. The molecule has 8 heteroatoms. The zero-order chi connectivity index (χ0) is 13.6. The van der Waals surface area contributed by atoms with Gasteiger partial charge in [-0.15, -0.1) is 0 Å². The number of ether oxygens (including phenoxy) is 1. The summed E-state index contributed by atoms with van der Waals surface area (Å²) in [7, 11) is -3.43. The molecule has 0 bridgehead atoms. The number of hydrogen-bond acceptors (Lipinski definition) is 6. The summed E-state index contributed by atoms with van der Waals surface area (Å²) in [5.74, 6) is 1.56. The van der Waals surface area contributed by atoms with Crippen molar-refractivity contribution in [1.29, 1.82) is 0 Å². The molecule has 2 aliphatic heterocycles. The summed E-state index contributed by atoms with van der Waals surface area (Å²) in [6.45, 7) is 1.07. The molecule has 0 radical (unpaired) electrons. The van der Waals surface area contributed by atoms with Crippen molar-refractivity contribution in [1.82, 2.24) is 4.98 Å². The largest absolute Gasteiger partial charge is 0.486 e. The van der Waals surface area contributed by atoms with E-state index in [1.165, 1.54) is 0 Å². The molecule has 0 saturated carbocycles. The number of anilines is 1. The second kappa shape index (κ2) is 4.74. The van der Waals surface area contributed by atoms with Gasteiger partial charge in [0.2, 0.25) is 0 Å².